The fraction of sp³-hybridized carbons (Fsp3) is 0.600. The van der Waals surface area contributed by atoms with Crippen molar-refractivity contribution < 1.29 is 5.11 Å². The normalized spacial score (nSPS) is 14.5. The van der Waals surface area contributed by atoms with Crippen molar-refractivity contribution in [2.75, 3.05) is 0 Å². The number of aliphatic hydroxyl groups is 1. The number of rotatable bonds is 3. The highest BCUT2D eigenvalue weighted by atomic mass is 79.9. The molecule has 0 aliphatic carbocycles. The minimum atomic E-state index is -0.248. The zero-order valence-electron chi connectivity index (χ0n) is 8.17. The van der Waals surface area contributed by atoms with Gasteiger partial charge in [0.25, 0.3) is 0 Å². The molecule has 0 aliphatic rings. The zero-order valence-corrected chi connectivity index (χ0v) is 10.6. The van der Waals surface area contributed by atoms with Gasteiger partial charge in [0, 0.05) is 9.85 Å². The van der Waals surface area contributed by atoms with E-state index in [0.717, 1.165) is 10.9 Å². The minimum absolute atomic E-state index is 0.0486. The Balaban J connectivity index is 2.87. The van der Waals surface area contributed by atoms with Crippen LogP contribution in [0.1, 0.15) is 32.8 Å². The second-order valence-corrected chi connectivity index (χ2v) is 5.67. The Labute approximate surface area is 91.9 Å². The van der Waals surface area contributed by atoms with Gasteiger partial charge in [-0.05, 0) is 45.6 Å². The lowest BCUT2D eigenvalue weighted by Gasteiger charge is -2.26. The number of hydrogen-bond donors (Lipinski definition) is 1. The molecule has 74 valence electrons. The van der Waals surface area contributed by atoms with Crippen LogP contribution in [-0.4, -0.2) is 11.2 Å². The van der Waals surface area contributed by atoms with Crippen molar-refractivity contribution in [2.24, 2.45) is 0 Å². The molecule has 1 rings (SSSR count). The van der Waals surface area contributed by atoms with E-state index in [-0.39, 0.29) is 11.5 Å². The number of thiophene rings is 1. The Bertz CT molecular complexity index is 278. The monoisotopic (exact) mass is 262 g/mol. The van der Waals surface area contributed by atoms with Gasteiger partial charge in [0.1, 0.15) is 0 Å². The first-order valence-electron chi connectivity index (χ1n) is 4.34. The lowest BCUT2D eigenvalue weighted by atomic mass is 9.81. The van der Waals surface area contributed by atoms with Gasteiger partial charge in [-0.1, -0.05) is 13.8 Å². The average Bonchev–Trinajstić information content (AvgIpc) is 2.32. The van der Waals surface area contributed by atoms with Crippen LogP contribution in [0.25, 0.3) is 0 Å². The van der Waals surface area contributed by atoms with E-state index in [1.165, 1.54) is 5.56 Å². The van der Waals surface area contributed by atoms with Crippen molar-refractivity contribution >= 4 is 27.3 Å². The van der Waals surface area contributed by atoms with Gasteiger partial charge in [-0.15, -0.1) is 0 Å². The van der Waals surface area contributed by atoms with Crippen molar-refractivity contribution in [3.05, 3.63) is 20.8 Å². The predicted molar refractivity (Wildman–Crippen MR) is 61.3 cm³/mol. The third kappa shape index (κ3) is 2.79. The summed E-state index contributed by atoms with van der Waals surface area (Å²) < 4.78 is 1.16. The minimum Gasteiger partial charge on any atom is -0.393 e. The molecule has 0 aliphatic heterocycles. The summed E-state index contributed by atoms with van der Waals surface area (Å²) in [6.45, 7) is 6.15. The van der Waals surface area contributed by atoms with E-state index in [0.29, 0.717) is 0 Å². The average molecular weight is 263 g/mol. The van der Waals surface area contributed by atoms with E-state index >= 15 is 0 Å². The Hall–Kier alpha value is 0.140. The van der Waals surface area contributed by atoms with Crippen LogP contribution in [0.2, 0.25) is 0 Å². The summed E-state index contributed by atoms with van der Waals surface area (Å²) >= 11 is 5.21. The molecule has 1 atom stereocenters. The third-order valence-electron chi connectivity index (χ3n) is 2.15. The van der Waals surface area contributed by atoms with Gasteiger partial charge >= 0.3 is 0 Å². The van der Waals surface area contributed by atoms with Crippen molar-refractivity contribution in [2.45, 2.75) is 38.7 Å². The molecule has 13 heavy (non-hydrogen) atoms. The van der Waals surface area contributed by atoms with Crippen molar-refractivity contribution in [3.8, 4) is 0 Å². The van der Waals surface area contributed by atoms with Crippen LogP contribution in [0, 0.1) is 0 Å². The summed E-state index contributed by atoms with van der Waals surface area (Å²) in [7, 11) is 0. The second-order valence-electron chi connectivity index (χ2n) is 4.07. The van der Waals surface area contributed by atoms with E-state index in [1.807, 2.05) is 6.92 Å². The first-order chi connectivity index (χ1) is 5.93. The van der Waals surface area contributed by atoms with Gasteiger partial charge in [0.15, 0.2) is 0 Å². The standard InChI is InChI=1S/C10H15BrOS/c1-7(12)4-10(2,3)8-5-13-6-9(8)11/h5-7,12H,4H2,1-3H3. The van der Waals surface area contributed by atoms with Crippen molar-refractivity contribution in [1.29, 1.82) is 0 Å². The van der Waals surface area contributed by atoms with Crippen LogP contribution in [0.3, 0.4) is 0 Å². The molecule has 1 unspecified atom stereocenters. The molecule has 0 saturated carbocycles. The van der Waals surface area contributed by atoms with E-state index in [4.69, 9.17) is 0 Å². The molecule has 0 amide bonds. The molecule has 0 fully saturated rings. The van der Waals surface area contributed by atoms with Crippen molar-refractivity contribution in [3.63, 3.8) is 0 Å². The molecule has 1 nitrogen and oxygen atoms in total. The highest BCUT2D eigenvalue weighted by Gasteiger charge is 2.25. The summed E-state index contributed by atoms with van der Waals surface area (Å²) in [4.78, 5) is 0. The van der Waals surface area contributed by atoms with Gasteiger partial charge in [-0.2, -0.15) is 11.3 Å². The molecular formula is C10H15BrOS. The van der Waals surface area contributed by atoms with Gasteiger partial charge in [0.05, 0.1) is 6.10 Å². The fourth-order valence-electron chi connectivity index (χ4n) is 1.61. The Morgan fingerprint density at radius 1 is 1.54 bits per heavy atom. The van der Waals surface area contributed by atoms with Crippen LogP contribution in [-0.2, 0) is 5.41 Å². The zero-order chi connectivity index (χ0) is 10.1. The summed E-state index contributed by atoms with van der Waals surface area (Å²) in [6.07, 6.45) is 0.546. The summed E-state index contributed by atoms with van der Waals surface area (Å²) in [5.74, 6) is 0. The van der Waals surface area contributed by atoms with Gasteiger partial charge in [0.2, 0.25) is 0 Å². The largest absolute Gasteiger partial charge is 0.393 e. The maximum atomic E-state index is 9.37. The summed E-state index contributed by atoms with van der Waals surface area (Å²) in [5, 5.41) is 13.6. The molecule has 1 aromatic heterocycles. The summed E-state index contributed by atoms with van der Waals surface area (Å²) in [5.41, 5.74) is 1.34. The highest BCUT2D eigenvalue weighted by molar-refractivity contribution is 9.10. The third-order valence-corrected chi connectivity index (χ3v) is 3.85. The molecular weight excluding hydrogens is 248 g/mol. The Morgan fingerprint density at radius 2 is 2.15 bits per heavy atom. The van der Waals surface area contributed by atoms with E-state index in [2.05, 4.69) is 40.5 Å². The predicted octanol–water partition coefficient (Wildman–Crippen LogP) is 3.56. The molecule has 1 heterocycles. The molecule has 0 radical (unpaired) electrons. The SMILES string of the molecule is CC(O)CC(C)(C)c1cscc1Br. The highest BCUT2D eigenvalue weighted by Crippen LogP contribution is 2.36. The summed E-state index contributed by atoms with van der Waals surface area (Å²) in [6, 6.07) is 0. The molecule has 0 saturated heterocycles. The van der Waals surface area contributed by atoms with E-state index in [1.54, 1.807) is 11.3 Å². The molecule has 0 spiro atoms. The van der Waals surface area contributed by atoms with Crippen LogP contribution < -0.4 is 0 Å². The topological polar surface area (TPSA) is 20.2 Å². The Kier molecular flexibility index (Phi) is 3.55. The molecule has 1 N–H and O–H groups in total. The molecule has 1 aromatic rings. The molecule has 0 aromatic carbocycles. The quantitative estimate of drug-likeness (QED) is 0.884. The molecule has 3 heteroatoms. The second kappa shape index (κ2) is 4.11. The van der Waals surface area contributed by atoms with Crippen molar-refractivity contribution in [1.82, 2.24) is 0 Å². The Morgan fingerprint density at radius 3 is 2.54 bits per heavy atom. The first-order valence-corrected chi connectivity index (χ1v) is 6.07. The van der Waals surface area contributed by atoms with Gasteiger partial charge in [-0.25, -0.2) is 0 Å². The lowest BCUT2D eigenvalue weighted by molar-refractivity contribution is 0.157. The van der Waals surface area contributed by atoms with Gasteiger partial charge in [-0.3, -0.25) is 0 Å². The fourth-order valence-corrected chi connectivity index (χ4v) is 3.64. The van der Waals surface area contributed by atoms with E-state index in [9.17, 15) is 5.11 Å². The number of aliphatic hydroxyl groups excluding tert-OH is 1. The maximum Gasteiger partial charge on any atom is 0.0520 e. The number of halogens is 1. The smallest absolute Gasteiger partial charge is 0.0520 e. The van der Waals surface area contributed by atoms with Crippen LogP contribution in [0.5, 0.6) is 0 Å². The van der Waals surface area contributed by atoms with E-state index < -0.39 is 0 Å². The number of hydrogen-bond acceptors (Lipinski definition) is 2. The lowest BCUT2D eigenvalue weighted by Crippen LogP contribution is -2.22. The molecule has 0 bridgehead atoms. The van der Waals surface area contributed by atoms with Gasteiger partial charge < -0.3 is 5.11 Å². The first kappa shape index (κ1) is 11.2. The van der Waals surface area contributed by atoms with Crippen LogP contribution in [0.4, 0.5) is 0 Å². The maximum absolute atomic E-state index is 9.37. The van der Waals surface area contributed by atoms with Crippen LogP contribution in [0.15, 0.2) is 15.2 Å². The van der Waals surface area contributed by atoms with Crippen LogP contribution >= 0.6 is 27.3 Å².